The van der Waals surface area contributed by atoms with Crippen LogP contribution in [0.5, 0.6) is 5.75 Å². The number of carbonyl (C=O) groups is 2. The predicted molar refractivity (Wildman–Crippen MR) is 82.8 cm³/mol. The summed E-state index contributed by atoms with van der Waals surface area (Å²) in [7, 11) is 1.58. The molecule has 0 radical (unpaired) electrons. The summed E-state index contributed by atoms with van der Waals surface area (Å²) < 4.78 is 5.09. The van der Waals surface area contributed by atoms with Gasteiger partial charge < -0.3 is 20.1 Å². The van der Waals surface area contributed by atoms with E-state index in [4.69, 9.17) is 4.74 Å². The van der Waals surface area contributed by atoms with Crippen LogP contribution in [0.4, 0.5) is 5.69 Å². The molecule has 0 aromatic heterocycles. The molecule has 1 saturated heterocycles. The minimum absolute atomic E-state index is 0.0767. The molecule has 1 unspecified atom stereocenters. The second-order valence-electron chi connectivity index (χ2n) is 6.13. The highest BCUT2D eigenvalue weighted by Crippen LogP contribution is 2.27. The maximum atomic E-state index is 12.2. The van der Waals surface area contributed by atoms with Gasteiger partial charge in [0.15, 0.2) is 0 Å². The normalized spacial score (nSPS) is 18.5. The number of nitrogens with zero attached hydrogens (tertiary/aromatic N) is 1. The van der Waals surface area contributed by atoms with Crippen molar-refractivity contribution in [1.82, 2.24) is 5.32 Å². The smallest absolute Gasteiger partial charge is 0.227 e. The zero-order valence-corrected chi connectivity index (χ0v) is 13.1. The Morgan fingerprint density at radius 3 is 2.59 bits per heavy atom. The molecular formula is C16H22N2O4. The molecule has 1 aromatic carbocycles. The van der Waals surface area contributed by atoms with Gasteiger partial charge in [0, 0.05) is 18.7 Å². The Balaban J connectivity index is 2.05. The van der Waals surface area contributed by atoms with Crippen molar-refractivity contribution in [3.05, 3.63) is 24.3 Å². The van der Waals surface area contributed by atoms with E-state index < -0.39 is 11.5 Å². The molecule has 2 rings (SSSR count). The molecule has 120 valence electrons. The van der Waals surface area contributed by atoms with Crippen molar-refractivity contribution in [3.63, 3.8) is 0 Å². The first-order chi connectivity index (χ1) is 10.4. The molecule has 6 heteroatoms. The molecule has 1 heterocycles. The Bertz CT molecular complexity index is 554. The summed E-state index contributed by atoms with van der Waals surface area (Å²) in [6.45, 7) is 3.67. The summed E-state index contributed by atoms with van der Waals surface area (Å²) in [5.41, 5.74) is 0.0655. The fourth-order valence-corrected chi connectivity index (χ4v) is 2.37. The molecule has 0 aliphatic carbocycles. The first kappa shape index (κ1) is 16.3. The number of hydrogen-bond donors (Lipinski definition) is 2. The predicted octanol–water partition coefficient (Wildman–Crippen LogP) is 0.935. The highest BCUT2D eigenvalue weighted by molar-refractivity contribution is 6.00. The number of nitrogens with one attached hydrogen (secondary N) is 1. The van der Waals surface area contributed by atoms with Gasteiger partial charge in [-0.05, 0) is 38.1 Å². The number of hydrogen-bond acceptors (Lipinski definition) is 4. The van der Waals surface area contributed by atoms with Crippen molar-refractivity contribution in [1.29, 1.82) is 0 Å². The Kier molecular flexibility index (Phi) is 4.71. The van der Waals surface area contributed by atoms with Crippen LogP contribution in [-0.4, -0.2) is 42.7 Å². The molecule has 6 nitrogen and oxygen atoms in total. The lowest BCUT2D eigenvalue weighted by Gasteiger charge is -2.25. The highest BCUT2D eigenvalue weighted by atomic mass is 16.5. The van der Waals surface area contributed by atoms with Crippen LogP contribution in [-0.2, 0) is 9.59 Å². The van der Waals surface area contributed by atoms with Gasteiger partial charge >= 0.3 is 0 Å². The van der Waals surface area contributed by atoms with Crippen molar-refractivity contribution < 1.29 is 19.4 Å². The number of anilines is 1. The average Bonchev–Trinajstić information content (AvgIpc) is 2.89. The molecule has 1 aliphatic heterocycles. The summed E-state index contributed by atoms with van der Waals surface area (Å²) in [4.78, 5) is 26.0. The molecule has 0 saturated carbocycles. The van der Waals surface area contributed by atoms with Crippen LogP contribution < -0.4 is 15.0 Å². The highest BCUT2D eigenvalue weighted by Gasteiger charge is 2.36. The van der Waals surface area contributed by atoms with Crippen LogP contribution in [0, 0.1) is 5.92 Å². The Hall–Kier alpha value is -2.08. The van der Waals surface area contributed by atoms with E-state index in [0.717, 1.165) is 11.4 Å². The fourth-order valence-electron chi connectivity index (χ4n) is 2.37. The molecule has 1 aliphatic rings. The first-order valence-corrected chi connectivity index (χ1v) is 7.23. The van der Waals surface area contributed by atoms with Crippen LogP contribution in [0.2, 0.25) is 0 Å². The maximum Gasteiger partial charge on any atom is 0.227 e. The van der Waals surface area contributed by atoms with E-state index >= 15 is 0 Å². The summed E-state index contributed by atoms with van der Waals surface area (Å²) in [5.74, 6) is 0.0327. The number of carbonyl (C=O) groups excluding carboxylic acids is 2. The number of amides is 2. The molecule has 22 heavy (non-hydrogen) atoms. The van der Waals surface area contributed by atoms with Gasteiger partial charge in [-0.3, -0.25) is 9.59 Å². The SMILES string of the molecule is COc1ccc(N2CC(C(=O)NC(C)(C)CO)CC2=O)cc1. The van der Waals surface area contributed by atoms with E-state index in [1.54, 1.807) is 50.1 Å². The fraction of sp³-hybridized carbons (Fsp3) is 0.500. The van der Waals surface area contributed by atoms with Crippen molar-refractivity contribution in [2.45, 2.75) is 25.8 Å². The monoisotopic (exact) mass is 306 g/mol. The van der Waals surface area contributed by atoms with Crippen LogP contribution in [0.15, 0.2) is 24.3 Å². The van der Waals surface area contributed by atoms with E-state index in [0.29, 0.717) is 6.54 Å². The van der Waals surface area contributed by atoms with Crippen LogP contribution in [0.1, 0.15) is 20.3 Å². The minimum Gasteiger partial charge on any atom is -0.497 e. The van der Waals surface area contributed by atoms with Gasteiger partial charge in [-0.1, -0.05) is 0 Å². The lowest BCUT2D eigenvalue weighted by atomic mass is 10.0. The Morgan fingerprint density at radius 1 is 1.41 bits per heavy atom. The van der Waals surface area contributed by atoms with E-state index in [-0.39, 0.29) is 24.8 Å². The molecule has 2 amide bonds. The molecule has 0 bridgehead atoms. The number of aliphatic hydroxyl groups excluding tert-OH is 1. The second-order valence-corrected chi connectivity index (χ2v) is 6.13. The van der Waals surface area contributed by atoms with E-state index in [2.05, 4.69) is 5.32 Å². The summed E-state index contributed by atoms with van der Waals surface area (Å²) in [6, 6.07) is 7.17. The van der Waals surface area contributed by atoms with Gasteiger partial charge in [0.25, 0.3) is 0 Å². The number of methoxy groups -OCH3 is 1. The van der Waals surface area contributed by atoms with Gasteiger partial charge in [-0.15, -0.1) is 0 Å². The molecule has 1 atom stereocenters. The maximum absolute atomic E-state index is 12.2. The zero-order chi connectivity index (χ0) is 16.3. The van der Waals surface area contributed by atoms with E-state index in [9.17, 15) is 14.7 Å². The number of rotatable bonds is 5. The lowest BCUT2D eigenvalue weighted by Crippen LogP contribution is -2.49. The van der Waals surface area contributed by atoms with Crippen molar-refractivity contribution >= 4 is 17.5 Å². The van der Waals surface area contributed by atoms with Crippen LogP contribution >= 0.6 is 0 Å². The number of aliphatic hydroxyl groups is 1. The molecule has 0 spiro atoms. The number of ether oxygens (including phenoxy) is 1. The first-order valence-electron chi connectivity index (χ1n) is 7.23. The molecule has 2 N–H and O–H groups in total. The van der Waals surface area contributed by atoms with Crippen LogP contribution in [0.3, 0.4) is 0 Å². The third-order valence-corrected chi connectivity index (χ3v) is 3.74. The zero-order valence-electron chi connectivity index (χ0n) is 13.1. The molecule has 1 fully saturated rings. The van der Waals surface area contributed by atoms with Crippen molar-refractivity contribution in [2.24, 2.45) is 5.92 Å². The van der Waals surface area contributed by atoms with E-state index in [1.165, 1.54) is 0 Å². The Morgan fingerprint density at radius 2 is 2.05 bits per heavy atom. The van der Waals surface area contributed by atoms with Gasteiger partial charge in [0.1, 0.15) is 5.75 Å². The molecule has 1 aromatic rings. The Labute approximate surface area is 130 Å². The summed E-state index contributed by atoms with van der Waals surface area (Å²) in [5, 5.41) is 12.0. The standard InChI is InChI=1S/C16H22N2O4/c1-16(2,10-19)17-15(21)11-8-14(20)18(9-11)12-4-6-13(22-3)7-5-12/h4-7,11,19H,8-10H2,1-3H3,(H,17,21). The topological polar surface area (TPSA) is 78.9 Å². The van der Waals surface area contributed by atoms with Gasteiger partial charge in [-0.25, -0.2) is 0 Å². The number of benzene rings is 1. The van der Waals surface area contributed by atoms with Gasteiger partial charge in [0.2, 0.25) is 11.8 Å². The van der Waals surface area contributed by atoms with Crippen molar-refractivity contribution in [3.8, 4) is 5.75 Å². The van der Waals surface area contributed by atoms with Crippen LogP contribution in [0.25, 0.3) is 0 Å². The third-order valence-electron chi connectivity index (χ3n) is 3.74. The summed E-state index contributed by atoms with van der Waals surface area (Å²) >= 11 is 0. The van der Waals surface area contributed by atoms with Crippen molar-refractivity contribution in [2.75, 3.05) is 25.2 Å². The minimum atomic E-state index is -0.687. The molecular weight excluding hydrogens is 284 g/mol. The van der Waals surface area contributed by atoms with Gasteiger partial charge in [-0.2, -0.15) is 0 Å². The lowest BCUT2D eigenvalue weighted by molar-refractivity contribution is -0.128. The average molecular weight is 306 g/mol. The second kappa shape index (κ2) is 6.36. The van der Waals surface area contributed by atoms with E-state index in [1.807, 2.05) is 0 Å². The quantitative estimate of drug-likeness (QED) is 0.848. The largest absolute Gasteiger partial charge is 0.497 e. The third kappa shape index (κ3) is 3.57. The van der Waals surface area contributed by atoms with Gasteiger partial charge in [0.05, 0.1) is 25.2 Å². The summed E-state index contributed by atoms with van der Waals surface area (Å²) in [6.07, 6.45) is 0.180.